The van der Waals surface area contributed by atoms with Crippen molar-refractivity contribution >= 4 is 17.3 Å². The van der Waals surface area contributed by atoms with Crippen LogP contribution in [0.3, 0.4) is 0 Å². The largest absolute Gasteiger partial charge is 0.476 e. The lowest BCUT2D eigenvalue weighted by Crippen LogP contribution is -2.03. The molecule has 0 aliphatic heterocycles. The minimum atomic E-state index is -2.94. The highest BCUT2D eigenvalue weighted by Gasteiger charge is 2.18. The highest BCUT2D eigenvalue weighted by atomic mass is 32.1. The molecule has 4 nitrogen and oxygen atoms in total. The number of ether oxygens (including phenoxy) is 1. The van der Waals surface area contributed by atoms with Crippen molar-refractivity contribution in [2.24, 2.45) is 0 Å². The Bertz CT molecular complexity index is 613. The summed E-state index contributed by atoms with van der Waals surface area (Å²) in [5, 5.41) is 9.27. The number of nitrogens with zero attached hydrogens (tertiary/aromatic N) is 1. The Hall–Kier alpha value is -2.02. The topological polar surface area (TPSA) is 59.4 Å². The van der Waals surface area contributed by atoms with E-state index in [-0.39, 0.29) is 11.4 Å². The lowest BCUT2D eigenvalue weighted by atomic mass is 10.2. The van der Waals surface area contributed by atoms with Crippen LogP contribution in [-0.4, -0.2) is 22.7 Å². The van der Waals surface area contributed by atoms with E-state index in [2.05, 4.69) is 9.72 Å². The normalized spacial score (nSPS) is 10.7. The summed E-state index contributed by atoms with van der Waals surface area (Å²) in [4.78, 5) is 15.4. The van der Waals surface area contributed by atoms with Crippen LogP contribution in [0, 0.1) is 6.92 Å². The molecule has 1 N–H and O–H groups in total. The number of hydrogen-bond acceptors (Lipinski definition) is 4. The highest BCUT2D eigenvalue weighted by molar-refractivity contribution is 7.15. The number of para-hydroxylation sites is 1. The minimum Gasteiger partial charge on any atom is -0.476 e. The van der Waals surface area contributed by atoms with Crippen LogP contribution in [-0.2, 0) is 0 Å². The first-order valence-corrected chi connectivity index (χ1v) is 6.05. The Morgan fingerprint density at radius 1 is 1.42 bits per heavy atom. The van der Waals surface area contributed by atoms with Gasteiger partial charge in [-0.05, 0) is 19.1 Å². The fraction of sp³-hybridized carbons (Fsp3) is 0.167. The second-order valence-corrected chi connectivity index (χ2v) is 4.81. The summed E-state index contributed by atoms with van der Waals surface area (Å²) in [6.45, 7) is -1.33. The van der Waals surface area contributed by atoms with Gasteiger partial charge in [-0.1, -0.05) is 12.1 Å². The molecule has 100 valence electrons. The Morgan fingerprint density at radius 2 is 2.11 bits per heavy atom. The number of carboxylic acid groups (broad SMARTS) is 1. The van der Waals surface area contributed by atoms with Crippen LogP contribution in [0.4, 0.5) is 8.78 Å². The molecular weight excluding hydrogens is 276 g/mol. The average molecular weight is 285 g/mol. The number of rotatable bonds is 4. The van der Waals surface area contributed by atoms with Gasteiger partial charge in [-0.25, -0.2) is 9.78 Å². The van der Waals surface area contributed by atoms with Crippen molar-refractivity contribution in [1.82, 2.24) is 4.98 Å². The van der Waals surface area contributed by atoms with Crippen molar-refractivity contribution in [3.8, 4) is 16.3 Å². The van der Waals surface area contributed by atoms with E-state index in [4.69, 9.17) is 5.11 Å². The van der Waals surface area contributed by atoms with E-state index in [1.165, 1.54) is 6.07 Å². The third-order valence-electron chi connectivity index (χ3n) is 2.33. The molecule has 2 aromatic rings. The SMILES string of the molecule is Cc1sc(-c2ccccc2OC(F)F)nc1C(=O)O. The van der Waals surface area contributed by atoms with E-state index in [0.717, 1.165) is 11.3 Å². The van der Waals surface area contributed by atoms with Crippen molar-refractivity contribution in [2.75, 3.05) is 0 Å². The molecule has 7 heteroatoms. The van der Waals surface area contributed by atoms with E-state index in [1.807, 2.05) is 0 Å². The molecule has 19 heavy (non-hydrogen) atoms. The van der Waals surface area contributed by atoms with Crippen molar-refractivity contribution < 1.29 is 23.4 Å². The summed E-state index contributed by atoms with van der Waals surface area (Å²) in [5.41, 5.74) is 0.273. The smallest absolute Gasteiger partial charge is 0.387 e. The van der Waals surface area contributed by atoms with Gasteiger partial charge in [0.25, 0.3) is 0 Å². The van der Waals surface area contributed by atoms with Crippen molar-refractivity contribution in [3.05, 3.63) is 34.8 Å². The predicted molar refractivity (Wildman–Crippen MR) is 65.9 cm³/mol. The Balaban J connectivity index is 2.47. The first-order chi connectivity index (χ1) is 8.99. The maximum atomic E-state index is 12.3. The lowest BCUT2D eigenvalue weighted by Gasteiger charge is -2.07. The van der Waals surface area contributed by atoms with Gasteiger partial charge in [0.1, 0.15) is 10.8 Å². The van der Waals surface area contributed by atoms with Gasteiger partial charge in [0, 0.05) is 4.88 Å². The molecule has 1 heterocycles. The van der Waals surface area contributed by atoms with Gasteiger partial charge >= 0.3 is 12.6 Å². The number of aromatic nitrogens is 1. The Morgan fingerprint density at radius 3 is 2.68 bits per heavy atom. The second kappa shape index (κ2) is 5.31. The molecule has 0 bridgehead atoms. The predicted octanol–water partition coefficient (Wildman–Crippen LogP) is 3.42. The van der Waals surface area contributed by atoms with Crippen LogP contribution in [0.1, 0.15) is 15.4 Å². The molecule has 2 rings (SSSR count). The molecule has 0 amide bonds. The van der Waals surface area contributed by atoms with Gasteiger partial charge in [-0.3, -0.25) is 0 Å². The molecule has 0 radical (unpaired) electrons. The third-order valence-corrected chi connectivity index (χ3v) is 3.34. The van der Waals surface area contributed by atoms with Crippen LogP contribution in [0.2, 0.25) is 0 Å². The monoisotopic (exact) mass is 285 g/mol. The van der Waals surface area contributed by atoms with Crippen molar-refractivity contribution in [1.29, 1.82) is 0 Å². The van der Waals surface area contributed by atoms with Crippen LogP contribution in [0.5, 0.6) is 5.75 Å². The molecule has 0 saturated heterocycles. The molecule has 1 aromatic carbocycles. The molecule has 0 fully saturated rings. The standard InChI is InChI=1S/C12H9F2NO3S/c1-6-9(11(16)17)15-10(19-6)7-4-2-3-5-8(7)18-12(13)14/h2-5,12H,1H3,(H,16,17). The molecule has 0 unspecified atom stereocenters. The maximum absolute atomic E-state index is 12.3. The molecule has 1 aromatic heterocycles. The summed E-state index contributed by atoms with van der Waals surface area (Å²) in [6.07, 6.45) is 0. The number of aromatic carboxylic acids is 1. The Labute approximate surface area is 111 Å². The van der Waals surface area contributed by atoms with E-state index >= 15 is 0 Å². The lowest BCUT2D eigenvalue weighted by molar-refractivity contribution is -0.0494. The summed E-state index contributed by atoms with van der Waals surface area (Å²) in [6, 6.07) is 6.14. The summed E-state index contributed by atoms with van der Waals surface area (Å²) in [5.74, 6) is -1.17. The number of benzene rings is 1. The third kappa shape index (κ3) is 2.87. The van der Waals surface area contributed by atoms with Crippen LogP contribution in [0.15, 0.2) is 24.3 Å². The fourth-order valence-electron chi connectivity index (χ4n) is 1.55. The minimum absolute atomic E-state index is 0.0248. The number of carboxylic acids is 1. The first-order valence-electron chi connectivity index (χ1n) is 5.24. The summed E-state index contributed by atoms with van der Waals surface area (Å²) >= 11 is 1.12. The highest BCUT2D eigenvalue weighted by Crippen LogP contribution is 2.34. The molecule has 0 saturated carbocycles. The van der Waals surface area contributed by atoms with Gasteiger partial charge < -0.3 is 9.84 Å². The van der Waals surface area contributed by atoms with Gasteiger partial charge in [0.2, 0.25) is 0 Å². The van der Waals surface area contributed by atoms with Crippen LogP contribution in [0.25, 0.3) is 10.6 Å². The fourth-order valence-corrected chi connectivity index (χ4v) is 2.49. The number of thiazole rings is 1. The van der Waals surface area contributed by atoms with E-state index < -0.39 is 12.6 Å². The zero-order chi connectivity index (χ0) is 14.0. The van der Waals surface area contributed by atoms with Gasteiger partial charge in [0.05, 0.1) is 5.56 Å². The van der Waals surface area contributed by atoms with E-state index in [0.29, 0.717) is 15.4 Å². The van der Waals surface area contributed by atoms with E-state index in [9.17, 15) is 13.6 Å². The first kappa shape index (κ1) is 13.4. The molecule has 0 spiro atoms. The van der Waals surface area contributed by atoms with Crippen LogP contribution < -0.4 is 4.74 Å². The number of carbonyl (C=O) groups is 1. The molecule has 0 aliphatic carbocycles. The zero-order valence-electron chi connectivity index (χ0n) is 9.76. The van der Waals surface area contributed by atoms with Crippen LogP contribution >= 0.6 is 11.3 Å². The molecule has 0 atom stereocenters. The molecule has 0 aliphatic rings. The van der Waals surface area contributed by atoms with Crippen molar-refractivity contribution in [2.45, 2.75) is 13.5 Å². The van der Waals surface area contributed by atoms with Gasteiger partial charge in [0.15, 0.2) is 5.69 Å². The number of alkyl halides is 2. The average Bonchev–Trinajstić information content (AvgIpc) is 2.71. The maximum Gasteiger partial charge on any atom is 0.387 e. The summed E-state index contributed by atoms with van der Waals surface area (Å²) < 4.78 is 29.0. The number of halogens is 2. The van der Waals surface area contributed by atoms with Crippen molar-refractivity contribution in [3.63, 3.8) is 0 Å². The number of aryl methyl sites for hydroxylation is 1. The van der Waals surface area contributed by atoms with E-state index in [1.54, 1.807) is 25.1 Å². The zero-order valence-corrected chi connectivity index (χ0v) is 10.6. The second-order valence-electron chi connectivity index (χ2n) is 3.60. The number of hydrogen-bond donors (Lipinski definition) is 1. The summed E-state index contributed by atoms with van der Waals surface area (Å²) in [7, 11) is 0. The quantitative estimate of drug-likeness (QED) is 0.935. The molecular formula is C12H9F2NO3S. The van der Waals surface area contributed by atoms with Gasteiger partial charge in [-0.2, -0.15) is 8.78 Å². The van der Waals surface area contributed by atoms with Gasteiger partial charge in [-0.15, -0.1) is 11.3 Å². The Kier molecular flexibility index (Phi) is 3.75.